The molecule has 1 saturated heterocycles. The second-order valence-corrected chi connectivity index (χ2v) is 12.0. The Labute approximate surface area is 231 Å². The van der Waals surface area contributed by atoms with Crippen LogP contribution in [0, 0.1) is 11.2 Å². The lowest BCUT2D eigenvalue weighted by atomic mass is 9.65. The topological polar surface area (TPSA) is 103 Å². The van der Waals surface area contributed by atoms with Gasteiger partial charge in [0.05, 0.1) is 34.8 Å². The summed E-state index contributed by atoms with van der Waals surface area (Å²) in [4.78, 5) is 18.1. The van der Waals surface area contributed by atoms with Gasteiger partial charge in [0.15, 0.2) is 5.78 Å². The molecule has 0 amide bonds. The summed E-state index contributed by atoms with van der Waals surface area (Å²) in [5.41, 5.74) is -0.659. The van der Waals surface area contributed by atoms with Gasteiger partial charge in [0.2, 0.25) is 10.0 Å². The lowest BCUT2D eigenvalue weighted by Gasteiger charge is -2.44. The largest absolute Gasteiger partial charge is 0.416 e. The first-order valence-electron chi connectivity index (χ1n) is 12.5. The third-order valence-corrected chi connectivity index (χ3v) is 9.32. The first kappa shape index (κ1) is 27.0. The summed E-state index contributed by atoms with van der Waals surface area (Å²) in [5, 5.41) is 8.35. The van der Waals surface area contributed by atoms with Crippen LogP contribution in [0.5, 0.6) is 0 Å². The SMILES string of the molecule is Cn1cc(S(=O)(=O)N2CCC3=Cc4c(cnn4-c4ccc(F)cc4)CC3(C(=O)c3cc(C(F)(F)F)ccn3)C2)cn1. The highest BCUT2D eigenvalue weighted by Gasteiger charge is 2.51. The Bertz CT molecular complexity index is 1810. The summed E-state index contributed by atoms with van der Waals surface area (Å²) in [7, 11) is -2.51. The number of ketones is 1. The van der Waals surface area contributed by atoms with Crippen molar-refractivity contribution >= 4 is 21.9 Å². The van der Waals surface area contributed by atoms with E-state index in [-0.39, 0.29) is 30.8 Å². The molecule has 1 aromatic carbocycles. The van der Waals surface area contributed by atoms with Crippen molar-refractivity contribution in [3.05, 3.63) is 95.1 Å². The molecule has 0 spiro atoms. The van der Waals surface area contributed by atoms with Crippen LogP contribution in [0.3, 0.4) is 0 Å². The summed E-state index contributed by atoms with van der Waals surface area (Å²) < 4.78 is 85.3. The molecule has 6 rings (SSSR count). The molecule has 3 aromatic heterocycles. The van der Waals surface area contributed by atoms with Gasteiger partial charge in [0, 0.05) is 32.5 Å². The fourth-order valence-electron chi connectivity index (χ4n) is 5.47. The summed E-state index contributed by atoms with van der Waals surface area (Å²) in [6, 6.07) is 7.13. The number of halogens is 4. The van der Waals surface area contributed by atoms with E-state index in [1.165, 1.54) is 39.7 Å². The highest BCUT2D eigenvalue weighted by molar-refractivity contribution is 7.89. The minimum atomic E-state index is -4.70. The van der Waals surface area contributed by atoms with E-state index in [4.69, 9.17) is 0 Å². The zero-order valence-corrected chi connectivity index (χ0v) is 22.3. The van der Waals surface area contributed by atoms with Crippen molar-refractivity contribution in [2.45, 2.75) is 23.9 Å². The van der Waals surface area contributed by atoms with Crippen LogP contribution in [-0.4, -0.2) is 56.1 Å². The monoisotopic (exact) mass is 586 g/mol. The van der Waals surface area contributed by atoms with Gasteiger partial charge in [-0.2, -0.15) is 27.7 Å². The number of fused-ring (bicyclic) bond motifs is 2. The average Bonchev–Trinajstić information content (AvgIpc) is 3.57. The third-order valence-electron chi connectivity index (χ3n) is 7.53. The highest BCUT2D eigenvalue weighted by atomic mass is 32.2. The van der Waals surface area contributed by atoms with E-state index < -0.39 is 44.5 Å². The van der Waals surface area contributed by atoms with Crippen molar-refractivity contribution < 1.29 is 30.8 Å². The number of hydrogen-bond donors (Lipinski definition) is 0. The Morgan fingerprint density at radius 1 is 1.07 bits per heavy atom. The molecule has 1 unspecified atom stereocenters. The van der Waals surface area contributed by atoms with Gasteiger partial charge in [-0.15, -0.1) is 0 Å². The van der Waals surface area contributed by atoms with E-state index in [2.05, 4.69) is 15.2 Å². The molecule has 14 heteroatoms. The van der Waals surface area contributed by atoms with Crippen molar-refractivity contribution in [2.75, 3.05) is 13.1 Å². The van der Waals surface area contributed by atoms with Gasteiger partial charge in [-0.25, -0.2) is 17.5 Å². The first-order chi connectivity index (χ1) is 19.4. The minimum Gasteiger partial charge on any atom is -0.291 e. The van der Waals surface area contributed by atoms with Gasteiger partial charge in [-0.05, 0) is 60.9 Å². The second-order valence-electron chi connectivity index (χ2n) is 10.1. The highest BCUT2D eigenvalue weighted by Crippen LogP contribution is 2.47. The maximum atomic E-state index is 14.2. The summed E-state index contributed by atoms with van der Waals surface area (Å²) >= 11 is 0. The molecule has 1 atom stereocenters. The average molecular weight is 587 g/mol. The van der Waals surface area contributed by atoms with E-state index in [1.54, 1.807) is 29.9 Å². The van der Waals surface area contributed by atoms with Gasteiger partial charge >= 0.3 is 6.18 Å². The predicted molar refractivity (Wildman–Crippen MR) is 138 cm³/mol. The number of alkyl halides is 3. The molecular formula is C27H22F4N6O3S. The summed E-state index contributed by atoms with van der Waals surface area (Å²) in [6.07, 6.45) is 2.13. The number of hydrogen-bond acceptors (Lipinski definition) is 6. The van der Waals surface area contributed by atoms with E-state index in [1.807, 2.05) is 0 Å². The zero-order valence-electron chi connectivity index (χ0n) is 21.5. The number of sulfonamides is 1. The molecule has 0 N–H and O–H groups in total. The van der Waals surface area contributed by atoms with E-state index >= 15 is 0 Å². The van der Waals surface area contributed by atoms with Gasteiger partial charge in [-0.3, -0.25) is 14.5 Å². The van der Waals surface area contributed by atoms with Gasteiger partial charge in [-0.1, -0.05) is 5.57 Å². The third kappa shape index (κ3) is 4.56. The van der Waals surface area contributed by atoms with Crippen LogP contribution in [0.2, 0.25) is 0 Å². The number of carbonyl (C=O) groups excluding carboxylic acids is 1. The Morgan fingerprint density at radius 2 is 1.83 bits per heavy atom. The smallest absolute Gasteiger partial charge is 0.291 e. The van der Waals surface area contributed by atoms with Gasteiger partial charge < -0.3 is 0 Å². The molecule has 0 radical (unpaired) electrons. The Morgan fingerprint density at radius 3 is 2.51 bits per heavy atom. The normalized spacial score (nSPS) is 19.4. The van der Waals surface area contributed by atoms with Gasteiger partial charge in [0.25, 0.3) is 0 Å². The number of rotatable bonds is 5. The molecule has 4 heterocycles. The molecule has 9 nitrogen and oxygen atoms in total. The minimum absolute atomic E-state index is 0.0226. The van der Waals surface area contributed by atoms with Crippen LogP contribution in [0.15, 0.2) is 71.7 Å². The van der Waals surface area contributed by atoms with Crippen LogP contribution < -0.4 is 0 Å². The van der Waals surface area contributed by atoms with Crippen LogP contribution >= 0.6 is 0 Å². The number of aromatic nitrogens is 5. The van der Waals surface area contributed by atoms with Crippen LogP contribution in [-0.2, 0) is 29.7 Å². The van der Waals surface area contributed by atoms with Crippen molar-refractivity contribution in [3.8, 4) is 5.69 Å². The molecular weight excluding hydrogens is 564 g/mol. The maximum Gasteiger partial charge on any atom is 0.416 e. The van der Waals surface area contributed by atoms with Crippen molar-refractivity contribution in [1.29, 1.82) is 0 Å². The maximum absolute atomic E-state index is 14.2. The van der Waals surface area contributed by atoms with Crippen LogP contribution in [0.4, 0.5) is 17.6 Å². The Hall–Kier alpha value is -4.17. The zero-order chi connectivity index (χ0) is 29.2. The molecule has 212 valence electrons. The second kappa shape index (κ2) is 9.45. The standard InChI is InChI=1S/C27H22F4N6O3S/c1-35-15-22(14-33-35)41(39,40)36-9-7-18-11-24-17(13-34-37(24)21-4-2-20(28)3-5-21)12-26(18,16-36)25(38)23-10-19(6-8-32-23)27(29,30)31/h2-6,8,10-11,13-15H,7,9,12,16H2,1H3. The lowest BCUT2D eigenvalue weighted by Crippen LogP contribution is -2.53. The molecule has 2 aliphatic rings. The Kier molecular flexibility index (Phi) is 6.23. The Balaban J connectivity index is 1.47. The number of carbonyl (C=O) groups is 1. The number of nitrogens with zero attached hydrogens (tertiary/aromatic N) is 6. The van der Waals surface area contributed by atoms with Gasteiger partial charge in [0.1, 0.15) is 16.4 Å². The first-order valence-corrected chi connectivity index (χ1v) is 13.9. The summed E-state index contributed by atoms with van der Waals surface area (Å²) in [5.74, 6) is -1.14. The fourth-order valence-corrected chi connectivity index (χ4v) is 6.95. The molecule has 0 saturated carbocycles. The molecule has 41 heavy (non-hydrogen) atoms. The van der Waals surface area contributed by atoms with E-state index in [0.29, 0.717) is 28.6 Å². The molecule has 0 bridgehead atoms. The van der Waals surface area contributed by atoms with Crippen molar-refractivity contribution in [3.63, 3.8) is 0 Å². The van der Waals surface area contributed by atoms with E-state index in [9.17, 15) is 30.8 Å². The fraction of sp³-hybridized carbons (Fsp3) is 0.259. The predicted octanol–water partition coefficient (Wildman–Crippen LogP) is 4.06. The summed E-state index contributed by atoms with van der Waals surface area (Å²) in [6.45, 7) is -0.276. The van der Waals surface area contributed by atoms with Crippen molar-refractivity contribution in [2.24, 2.45) is 12.5 Å². The molecule has 1 aliphatic heterocycles. The number of pyridine rings is 1. The number of benzene rings is 1. The lowest BCUT2D eigenvalue weighted by molar-refractivity contribution is -0.137. The number of piperidine rings is 1. The van der Waals surface area contributed by atoms with E-state index in [0.717, 1.165) is 12.3 Å². The number of aryl methyl sites for hydroxylation is 1. The quantitative estimate of drug-likeness (QED) is 0.258. The van der Waals surface area contributed by atoms with Crippen LogP contribution in [0.1, 0.15) is 33.7 Å². The van der Waals surface area contributed by atoms with Crippen molar-refractivity contribution in [1.82, 2.24) is 28.9 Å². The molecule has 1 aliphatic carbocycles. The van der Waals surface area contributed by atoms with Crippen LogP contribution in [0.25, 0.3) is 11.8 Å². The molecule has 4 aromatic rings. The molecule has 1 fully saturated rings. The number of Topliss-reactive ketones (excluding diaryl/α,β-unsaturated/α-hetero) is 1.